The van der Waals surface area contributed by atoms with Crippen LogP contribution in [0.3, 0.4) is 0 Å². The van der Waals surface area contributed by atoms with Crippen LogP contribution in [0, 0.1) is 5.92 Å². The van der Waals surface area contributed by atoms with Crippen LogP contribution in [-0.2, 0) is 20.7 Å². The molecule has 178 valence electrons. The SMILES string of the molecule is C=CC[C@H](CC(=O)N[C@@H](CO)Cc1ccccc1)C(=O)N[C@@H](COC)[C@@H](O)c1ccccc1. The van der Waals surface area contributed by atoms with Gasteiger partial charge in [-0.3, -0.25) is 9.59 Å². The van der Waals surface area contributed by atoms with Gasteiger partial charge in [0.25, 0.3) is 0 Å². The number of rotatable bonds is 14. The summed E-state index contributed by atoms with van der Waals surface area (Å²) in [4.78, 5) is 25.6. The van der Waals surface area contributed by atoms with E-state index in [1.54, 1.807) is 18.2 Å². The van der Waals surface area contributed by atoms with E-state index in [-0.39, 0.29) is 31.4 Å². The van der Waals surface area contributed by atoms with Crippen LogP contribution < -0.4 is 10.6 Å². The molecule has 2 aromatic carbocycles. The van der Waals surface area contributed by atoms with E-state index in [4.69, 9.17) is 4.74 Å². The average Bonchev–Trinajstić information content (AvgIpc) is 2.83. The molecule has 0 spiro atoms. The van der Waals surface area contributed by atoms with Crippen molar-refractivity contribution in [3.63, 3.8) is 0 Å². The molecule has 0 aliphatic heterocycles. The lowest BCUT2D eigenvalue weighted by atomic mass is 9.97. The van der Waals surface area contributed by atoms with E-state index in [0.29, 0.717) is 18.4 Å². The third kappa shape index (κ3) is 8.81. The Morgan fingerprint density at radius 1 is 1.06 bits per heavy atom. The average molecular weight is 455 g/mol. The second-order valence-corrected chi connectivity index (χ2v) is 7.99. The molecule has 0 saturated heterocycles. The first kappa shape index (κ1) is 26.3. The molecule has 4 N–H and O–H groups in total. The largest absolute Gasteiger partial charge is 0.394 e. The van der Waals surface area contributed by atoms with Gasteiger partial charge in [0.2, 0.25) is 11.8 Å². The van der Waals surface area contributed by atoms with Gasteiger partial charge >= 0.3 is 0 Å². The summed E-state index contributed by atoms with van der Waals surface area (Å²) in [5.41, 5.74) is 1.65. The molecule has 0 heterocycles. The predicted octanol–water partition coefficient (Wildman–Crippen LogP) is 2.15. The summed E-state index contributed by atoms with van der Waals surface area (Å²) in [6.07, 6.45) is 1.34. The van der Waals surface area contributed by atoms with Gasteiger partial charge in [0.1, 0.15) is 6.10 Å². The van der Waals surface area contributed by atoms with Crippen LogP contribution in [0.1, 0.15) is 30.1 Å². The topological polar surface area (TPSA) is 108 Å². The number of carbonyl (C=O) groups excluding carboxylic acids is 2. The maximum absolute atomic E-state index is 13.0. The summed E-state index contributed by atoms with van der Waals surface area (Å²) in [6, 6.07) is 17.4. The van der Waals surface area contributed by atoms with Crippen LogP contribution in [0.5, 0.6) is 0 Å². The van der Waals surface area contributed by atoms with Gasteiger partial charge in [0, 0.05) is 13.5 Å². The zero-order valence-corrected chi connectivity index (χ0v) is 19.0. The third-order valence-corrected chi connectivity index (χ3v) is 5.36. The predicted molar refractivity (Wildman–Crippen MR) is 127 cm³/mol. The highest BCUT2D eigenvalue weighted by Gasteiger charge is 2.28. The number of carbonyl (C=O) groups is 2. The summed E-state index contributed by atoms with van der Waals surface area (Å²) in [5.74, 6) is -1.37. The van der Waals surface area contributed by atoms with Crippen molar-refractivity contribution in [2.24, 2.45) is 5.92 Å². The Bertz CT molecular complexity index is 860. The normalized spacial score (nSPS) is 14.5. The lowest BCUT2D eigenvalue weighted by molar-refractivity contribution is -0.132. The molecule has 0 aliphatic carbocycles. The molecule has 0 fully saturated rings. The standard InChI is InChI=1S/C26H34N2O5/c1-3-10-21(16-24(30)27-22(17-29)15-19-11-6-4-7-12-19)26(32)28-23(18-33-2)25(31)20-13-8-5-9-14-20/h3-9,11-14,21-23,25,29,31H,1,10,15-18H2,2H3,(H,27,30)(H,28,32)/t21-,22-,23+,25+/m1/s1. The van der Waals surface area contributed by atoms with Gasteiger partial charge < -0.3 is 25.6 Å². The number of hydrogen-bond donors (Lipinski definition) is 4. The Labute approximate surface area is 195 Å². The Morgan fingerprint density at radius 2 is 1.70 bits per heavy atom. The van der Waals surface area contributed by atoms with E-state index in [0.717, 1.165) is 5.56 Å². The van der Waals surface area contributed by atoms with E-state index in [1.165, 1.54) is 7.11 Å². The number of amides is 2. The second-order valence-electron chi connectivity index (χ2n) is 7.99. The molecule has 4 atom stereocenters. The number of aliphatic hydroxyl groups is 2. The van der Waals surface area contributed by atoms with Gasteiger partial charge in [-0.2, -0.15) is 0 Å². The van der Waals surface area contributed by atoms with E-state index < -0.39 is 24.1 Å². The van der Waals surface area contributed by atoms with Crippen molar-refractivity contribution in [1.82, 2.24) is 10.6 Å². The molecule has 0 aromatic heterocycles. The molecule has 2 amide bonds. The fourth-order valence-corrected chi connectivity index (χ4v) is 3.63. The van der Waals surface area contributed by atoms with E-state index in [9.17, 15) is 19.8 Å². The molecule has 0 bridgehead atoms. The van der Waals surface area contributed by atoms with E-state index in [1.807, 2.05) is 48.5 Å². The van der Waals surface area contributed by atoms with Crippen LogP contribution in [0.4, 0.5) is 0 Å². The molecule has 7 nitrogen and oxygen atoms in total. The van der Waals surface area contributed by atoms with Crippen LogP contribution in [-0.4, -0.2) is 54.4 Å². The van der Waals surface area contributed by atoms with Crippen molar-refractivity contribution in [2.45, 2.75) is 37.5 Å². The van der Waals surface area contributed by atoms with Gasteiger partial charge in [0.05, 0.1) is 31.2 Å². The summed E-state index contributed by atoms with van der Waals surface area (Å²) in [7, 11) is 1.49. The molecule has 2 aromatic rings. The number of benzene rings is 2. The van der Waals surface area contributed by atoms with Crippen LogP contribution in [0.2, 0.25) is 0 Å². The number of nitrogens with one attached hydrogen (secondary N) is 2. The molecule has 2 rings (SSSR count). The molecular formula is C26H34N2O5. The number of methoxy groups -OCH3 is 1. The second kappa shape index (κ2) is 14.2. The number of hydrogen-bond acceptors (Lipinski definition) is 5. The Morgan fingerprint density at radius 3 is 2.27 bits per heavy atom. The summed E-state index contributed by atoms with van der Waals surface area (Å²) in [6.45, 7) is 3.59. The van der Waals surface area contributed by atoms with E-state index in [2.05, 4.69) is 17.2 Å². The van der Waals surface area contributed by atoms with Gasteiger partial charge in [-0.15, -0.1) is 6.58 Å². The highest BCUT2D eigenvalue weighted by Crippen LogP contribution is 2.19. The zero-order valence-electron chi connectivity index (χ0n) is 19.0. The maximum Gasteiger partial charge on any atom is 0.224 e. The maximum atomic E-state index is 13.0. The van der Waals surface area contributed by atoms with Gasteiger partial charge in [0.15, 0.2) is 0 Å². The van der Waals surface area contributed by atoms with Crippen LogP contribution >= 0.6 is 0 Å². The third-order valence-electron chi connectivity index (χ3n) is 5.36. The Hall–Kier alpha value is -3.00. The Kier molecular flexibility index (Phi) is 11.3. The minimum Gasteiger partial charge on any atom is -0.394 e. The lowest BCUT2D eigenvalue weighted by Gasteiger charge is -2.26. The molecule has 0 aliphatic rings. The van der Waals surface area contributed by atoms with E-state index >= 15 is 0 Å². The smallest absolute Gasteiger partial charge is 0.224 e. The number of allylic oxidation sites excluding steroid dienone is 1. The minimum absolute atomic E-state index is 0.0652. The summed E-state index contributed by atoms with van der Waals surface area (Å²) in [5, 5.41) is 26.0. The van der Waals surface area contributed by atoms with Crippen molar-refractivity contribution in [3.8, 4) is 0 Å². The highest BCUT2D eigenvalue weighted by molar-refractivity contribution is 5.86. The molecule has 0 saturated carbocycles. The molecular weight excluding hydrogens is 420 g/mol. The van der Waals surface area contributed by atoms with Crippen molar-refractivity contribution < 1.29 is 24.5 Å². The number of aliphatic hydroxyl groups excluding tert-OH is 2. The van der Waals surface area contributed by atoms with Crippen molar-refractivity contribution in [3.05, 3.63) is 84.4 Å². The van der Waals surface area contributed by atoms with Gasteiger partial charge in [-0.05, 0) is 24.0 Å². The van der Waals surface area contributed by atoms with Crippen molar-refractivity contribution in [2.75, 3.05) is 20.3 Å². The molecule has 33 heavy (non-hydrogen) atoms. The van der Waals surface area contributed by atoms with Crippen molar-refractivity contribution in [1.29, 1.82) is 0 Å². The quantitative estimate of drug-likeness (QED) is 0.327. The number of ether oxygens (including phenoxy) is 1. The molecule has 7 heteroatoms. The highest BCUT2D eigenvalue weighted by atomic mass is 16.5. The first-order valence-electron chi connectivity index (χ1n) is 11.1. The fourth-order valence-electron chi connectivity index (χ4n) is 3.63. The first-order valence-corrected chi connectivity index (χ1v) is 11.1. The summed E-state index contributed by atoms with van der Waals surface area (Å²) >= 11 is 0. The van der Waals surface area contributed by atoms with Crippen LogP contribution in [0.15, 0.2) is 73.3 Å². The van der Waals surface area contributed by atoms with Crippen LogP contribution in [0.25, 0.3) is 0 Å². The lowest BCUT2D eigenvalue weighted by Crippen LogP contribution is -2.46. The summed E-state index contributed by atoms with van der Waals surface area (Å²) < 4.78 is 5.19. The zero-order chi connectivity index (χ0) is 24.1. The van der Waals surface area contributed by atoms with Crippen molar-refractivity contribution >= 4 is 11.8 Å². The minimum atomic E-state index is -0.960. The van der Waals surface area contributed by atoms with Gasteiger partial charge in [-0.25, -0.2) is 0 Å². The molecule has 0 radical (unpaired) electrons. The van der Waals surface area contributed by atoms with Gasteiger partial charge in [-0.1, -0.05) is 66.7 Å². The molecule has 0 unspecified atom stereocenters. The Balaban J connectivity index is 2.00. The first-order chi connectivity index (χ1) is 16.0. The monoisotopic (exact) mass is 454 g/mol. The fraction of sp³-hybridized carbons (Fsp3) is 0.385.